The Morgan fingerprint density at radius 2 is 1.79 bits per heavy atom. The van der Waals surface area contributed by atoms with E-state index in [-0.39, 0.29) is 18.4 Å². The molecule has 0 aromatic heterocycles. The van der Waals surface area contributed by atoms with Crippen LogP contribution in [0.4, 0.5) is 0 Å². The van der Waals surface area contributed by atoms with Crippen molar-refractivity contribution >= 4 is 10.0 Å². The number of nitrogens with one attached hydrogen (secondary N) is 1. The van der Waals surface area contributed by atoms with Gasteiger partial charge in [-0.25, -0.2) is 13.1 Å². The van der Waals surface area contributed by atoms with E-state index in [0.717, 1.165) is 12.8 Å². The predicted octanol–water partition coefficient (Wildman–Crippen LogP) is 2.28. The highest BCUT2D eigenvalue weighted by Crippen LogP contribution is 2.28. The summed E-state index contributed by atoms with van der Waals surface area (Å²) in [5.41, 5.74) is 0. The van der Waals surface area contributed by atoms with Gasteiger partial charge in [-0.3, -0.25) is 0 Å². The third-order valence-electron chi connectivity index (χ3n) is 3.95. The smallest absolute Gasteiger partial charge is 0.211 e. The van der Waals surface area contributed by atoms with Crippen LogP contribution in [0.1, 0.15) is 58.8 Å². The minimum Gasteiger partial charge on any atom is -0.396 e. The molecule has 0 saturated heterocycles. The standard InChI is InChI=1S/C14H29NO3S/c1-12(2)9-11-19(17,18)15-14(8-10-16)13-6-4-3-5-7-13/h12-16H,3-11H2,1-2H3. The molecule has 0 bridgehead atoms. The van der Waals surface area contributed by atoms with Gasteiger partial charge < -0.3 is 5.11 Å². The van der Waals surface area contributed by atoms with Gasteiger partial charge in [-0.2, -0.15) is 0 Å². The number of sulfonamides is 1. The van der Waals surface area contributed by atoms with E-state index in [2.05, 4.69) is 4.72 Å². The molecule has 1 rings (SSSR count). The lowest BCUT2D eigenvalue weighted by molar-refractivity contribution is 0.221. The predicted molar refractivity (Wildman–Crippen MR) is 78.4 cm³/mol. The lowest BCUT2D eigenvalue weighted by atomic mass is 9.83. The lowest BCUT2D eigenvalue weighted by Gasteiger charge is -2.30. The minimum absolute atomic E-state index is 0.0495. The summed E-state index contributed by atoms with van der Waals surface area (Å²) in [6.07, 6.45) is 7.00. The largest absolute Gasteiger partial charge is 0.396 e. The maximum atomic E-state index is 12.1. The third kappa shape index (κ3) is 6.72. The van der Waals surface area contributed by atoms with Crippen molar-refractivity contribution in [3.63, 3.8) is 0 Å². The first kappa shape index (κ1) is 16.9. The molecular weight excluding hydrogens is 262 g/mol. The van der Waals surface area contributed by atoms with Crippen molar-refractivity contribution in [2.75, 3.05) is 12.4 Å². The van der Waals surface area contributed by atoms with E-state index in [9.17, 15) is 8.42 Å². The fourth-order valence-corrected chi connectivity index (χ4v) is 4.42. The molecule has 4 nitrogen and oxygen atoms in total. The fourth-order valence-electron chi connectivity index (χ4n) is 2.75. The van der Waals surface area contributed by atoms with Crippen LogP contribution in [0.2, 0.25) is 0 Å². The molecule has 114 valence electrons. The van der Waals surface area contributed by atoms with Crippen molar-refractivity contribution in [1.29, 1.82) is 0 Å². The molecule has 2 N–H and O–H groups in total. The van der Waals surface area contributed by atoms with E-state index >= 15 is 0 Å². The van der Waals surface area contributed by atoms with Gasteiger partial charge in [-0.1, -0.05) is 33.1 Å². The number of hydrogen-bond acceptors (Lipinski definition) is 3. The highest BCUT2D eigenvalue weighted by atomic mass is 32.2. The normalized spacial score (nSPS) is 19.8. The SMILES string of the molecule is CC(C)CCS(=O)(=O)NC(CCO)C1CCCCC1. The summed E-state index contributed by atoms with van der Waals surface area (Å²) in [5.74, 6) is 0.983. The molecule has 19 heavy (non-hydrogen) atoms. The van der Waals surface area contributed by atoms with Crippen molar-refractivity contribution in [2.45, 2.75) is 64.8 Å². The van der Waals surface area contributed by atoms with Crippen LogP contribution >= 0.6 is 0 Å². The van der Waals surface area contributed by atoms with Gasteiger partial charge in [-0.05, 0) is 37.5 Å². The van der Waals surface area contributed by atoms with Gasteiger partial charge in [0.25, 0.3) is 0 Å². The fraction of sp³-hybridized carbons (Fsp3) is 1.00. The van der Waals surface area contributed by atoms with Gasteiger partial charge in [0.1, 0.15) is 0 Å². The minimum atomic E-state index is -3.21. The summed E-state index contributed by atoms with van der Waals surface area (Å²) in [6.45, 7) is 4.11. The quantitative estimate of drug-likeness (QED) is 0.721. The van der Waals surface area contributed by atoms with E-state index < -0.39 is 10.0 Å². The molecule has 0 radical (unpaired) electrons. The van der Waals surface area contributed by atoms with Crippen LogP contribution < -0.4 is 4.72 Å². The molecule has 1 atom stereocenters. The Labute approximate surface area is 118 Å². The molecule has 1 aliphatic rings. The van der Waals surface area contributed by atoms with Crippen LogP contribution in [-0.4, -0.2) is 31.9 Å². The average molecular weight is 291 g/mol. The Morgan fingerprint density at radius 1 is 1.16 bits per heavy atom. The average Bonchev–Trinajstić information content (AvgIpc) is 2.37. The van der Waals surface area contributed by atoms with Crippen molar-refractivity contribution in [1.82, 2.24) is 4.72 Å². The number of aliphatic hydroxyl groups excluding tert-OH is 1. The molecule has 0 aromatic rings. The maximum Gasteiger partial charge on any atom is 0.211 e. The molecule has 0 spiro atoms. The van der Waals surface area contributed by atoms with Crippen LogP contribution in [0.3, 0.4) is 0 Å². The zero-order valence-electron chi connectivity index (χ0n) is 12.3. The van der Waals surface area contributed by atoms with Crippen LogP contribution in [0, 0.1) is 11.8 Å². The Balaban J connectivity index is 2.55. The summed E-state index contributed by atoms with van der Waals surface area (Å²) < 4.78 is 27.0. The van der Waals surface area contributed by atoms with Crippen LogP contribution in [0.25, 0.3) is 0 Å². The molecule has 0 aliphatic heterocycles. The molecule has 5 heteroatoms. The molecular formula is C14H29NO3S. The summed E-state index contributed by atoms with van der Waals surface area (Å²) in [7, 11) is -3.21. The second-order valence-corrected chi connectivity index (χ2v) is 8.01. The molecule has 0 heterocycles. The summed E-state index contributed by atoms with van der Waals surface area (Å²) in [5, 5.41) is 9.15. The third-order valence-corrected chi connectivity index (χ3v) is 5.39. The second kappa shape index (κ2) is 8.22. The molecule has 1 saturated carbocycles. The molecule has 0 amide bonds. The molecule has 1 fully saturated rings. The topological polar surface area (TPSA) is 66.4 Å². The summed E-state index contributed by atoms with van der Waals surface area (Å²) in [6, 6.07) is -0.0811. The first-order chi connectivity index (χ1) is 8.94. The van der Waals surface area contributed by atoms with Gasteiger partial charge in [-0.15, -0.1) is 0 Å². The highest BCUT2D eigenvalue weighted by Gasteiger charge is 2.27. The number of hydrogen-bond donors (Lipinski definition) is 2. The zero-order chi connectivity index (χ0) is 14.3. The van der Waals surface area contributed by atoms with E-state index in [1.165, 1.54) is 19.3 Å². The zero-order valence-corrected chi connectivity index (χ0v) is 13.1. The molecule has 1 aliphatic carbocycles. The lowest BCUT2D eigenvalue weighted by Crippen LogP contribution is -2.42. The number of aliphatic hydroxyl groups is 1. The second-order valence-electron chi connectivity index (χ2n) is 6.14. The maximum absolute atomic E-state index is 12.1. The summed E-state index contributed by atoms with van der Waals surface area (Å²) in [4.78, 5) is 0. The van der Waals surface area contributed by atoms with Crippen LogP contribution in [0.5, 0.6) is 0 Å². The highest BCUT2D eigenvalue weighted by molar-refractivity contribution is 7.89. The van der Waals surface area contributed by atoms with Gasteiger partial charge in [0.2, 0.25) is 10.0 Å². The molecule has 0 aromatic carbocycles. The Morgan fingerprint density at radius 3 is 2.32 bits per heavy atom. The van der Waals surface area contributed by atoms with Gasteiger partial charge in [0.15, 0.2) is 0 Å². The van der Waals surface area contributed by atoms with Gasteiger partial charge in [0, 0.05) is 12.6 Å². The van der Waals surface area contributed by atoms with Crippen LogP contribution in [0.15, 0.2) is 0 Å². The van der Waals surface area contributed by atoms with Gasteiger partial charge >= 0.3 is 0 Å². The summed E-state index contributed by atoms with van der Waals surface area (Å²) >= 11 is 0. The van der Waals surface area contributed by atoms with Crippen molar-refractivity contribution < 1.29 is 13.5 Å². The van der Waals surface area contributed by atoms with Crippen molar-refractivity contribution in [3.05, 3.63) is 0 Å². The first-order valence-corrected chi connectivity index (χ1v) is 9.20. The van der Waals surface area contributed by atoms with Crippen LogP contribution in [-0.2, 0) is 10.0 Å². The van der Waals surface area contributed by atoms with E-state index in [0.29, 0.717) is 24.7 Å². The monoisotopic (exact) mass is 291 g/mol. The Hall–Kier alpha value is -0.130. The van der Waals surface area contributed by atoms with Gasteiger partial charge in [0.05, 0.1) is 5.75 Å². The van der Waals surface area contributed by atoms with E-state index in [1.807, 2.05) is 13.8 Å². The Kier molecular flexibility index (Phi) is 7.32. The van der Waals surface area contributed by atoms with E-state index in [4.69, 9.17) is 5.11 Å². The number of rotatable bonds is 8. The first-order valence-electron chi connectivity index (χ1n) is 7.55. The molecule has 1 unspecified atom stereocenters. The van der Waals surface area contributed by atoms with Crippen molar-refractivity contribution in [2.24, 2.45) is 11.8 Å². The van der Waals surface area contributed by atoms with Crippen molar-refractivity contribution in [3.8, 4) is 0 Å². The Bertz CT molecular complexity index is 335. The van der Waals surface area contributed by atoms with E-state index in [1.54, 1.807) is 0 Å².